The van der Waals surface area contributed by atoms with Crippen molar-refractivity contribution in [1.82, 2.24) is 9.97 Å². The zero-order chi connectivity index (χ0) is 11.7. The Hall–Kier alpha value is -2.57. The van der Waals surface area contributed by atoms with Crippen LogP contribution >= 0.6 is 0 Å². The second-order valence-electron chi connectivity index (χ2n) is 3.05. The lowest BCUT2D eigenvalue weighted by Gasteiger charge is -1.98. The van der Waals surface area contributed by atoms with Gasteiger partial charge >= 0.3 is 0 Å². The minimum absolute atomic E-state index is 0.0290. The van der Waals surface area contributed by atoms with Gasteiger partial charge in [-0.05, 0) is 6.07 Å². The van der Waals surface area contributed by atoms with Gasteiger partial charge < -0.3 is 5.73 Å². The number of aromatic nitrogens is 2. The topological polar surface area (TPSA) is 112 Å². The first-order valence-electron chi connectivity index (χ1n) is 4.29. The van der Waals surface area contributed by atoms with E-state index in [2.05, 4.69) is 9.97 Å². The van der Waals surface area contributed by atoms with Crippen molar-refractivity contribution in [2.45, 2.75) is 0 Å². The van der Waals surface area contributed by atoms with E-state index in [0.29, 0.717) is 11.0 Å². The monoisotopic (exact) mass is 218 g/mol. The summed E-state index contributed by atoms with van der Waals surface area (Å²) in [5.41, 5.74) is 5.72. The number of non-ortho nitro benzene ring substituents is 1. The predicted octanol–water partition coefficient (Wildman–Crippen LogP) is 0.637. The molecule has 2 aromatic rings. The average molecular weight is 218 g/mol. The standard InChI is InChI=1S/C9H6N4O3/c10-9(14)8-4-11-7-3-5(13(15)16)1-2-6(7)12-8/h1-4H,(H2,10,14). The van der Waals surface area contributed by atoms with Crippen LogP contribution < -0.4 is 5.73 Å². The minimum atomic E-state index is -0.687. The highest BCUT2D eigenvalue weighted by Crippen LogP contribution is 2.17. The van der Waals surface area contributed by atoms with Crippen LogP contribution in [0, 0.1) is 10.1 Å². The van der Waals surface area contributed by atoms with Crippen LogP contribution in [0.1, 0.15) is 10.5 Å². The van der Waals surface area contributed by atoms with Crippen LogP contribution in [-0.4, -0.2) is 20.8 Å². The molecule has 1 heterocycles. The van der Waals surface area contributed by atoms with E-state index < -0.39 is 10.8 Å². The van der Waals surface area contributed by atoms with Crippen LogP contribution in [0.3, 0.4) is 0 Å². The fourth-order valence-electron chi connectivity index (χ4n) is 1.23. The van der Waals surface area contributed by atoms with Gasteiger partial charge in [0.05, 0.1) is 22.2 Å². The molecule has 7 nitrogen and oxygen atoms in total. The first kappa shape index (κ1) is 9.97. The largest absolute Gasteiger partial charge is 0.364 e. The molecule has 0 aliphatic heterocycles. The summed E-state index contributed by atoms with van der Waals surface area (Å²) in [7, 11) is 0. The SMILES string of the molecule is NC(=O)c1cnc2cc([N+](=O)[O-])ccc2n1. The second-order valence-corrected chi connectivity index (χ2v) is 3.05. The number of nitro benzene ring substituents is 1. The molecule has 0 bridgehead atoms. The van der Waals surface area contributed by atoms with E-state index in [-0.39, 0.29) is 11.4 Å². The quantitative estimate of drug-likeness (QED) is 0.587. The van der Waals surface area contributed by atoms with Crippen molar-refractivity contribution in [1.29, 1.82) is 0 Å². The number of fused-ring (bicyclic) bond motifs is 1. The van der Waals surface area contributed by atoms with Crippen molar-refractivity contribution < 1.29 is 9.72 Å². The van der Waals surface area contributed by atoms with Crippen LogP contribution in [0.4, 0.5) is 5.69 Å². The third-order valence-corrected chi connectivity index (χ3v) is 1.99. The maximum Gasteiger partial charge on any atom is 0.271 e. The molecule has 0 aliphatic carbocycles. The number of nitro groups is 1. The van der Waals surface area contributed by atoms with Crippen molar-refractivity contribution >= 4 is 22.6 Å². The summed E-state index contributed by atoms with van der Waals surface area (Å²) in [6.45, 7) is 0. The molecule has 0 saturated heterocycles. The number of rotatable bonds is 2. The molecule has 0 spiro atoms. The van der Waals surface area contributed by atoms with E-state index in [1.807, 2.05) is 0 Å². The molecule has 1 amide bonds. The lowest BCUT2D eigenvalue weighted by atomic mass is 10.2. The second kappa shape index (κ2) is 3.54. The van der Waals surface area contributed by atoms with Gasteiger partial charge in [0, 0.05) is 12.1 Å². The highest BCUT2D eigenvalue weighted by molar-refractivity contribution is 5.92. The van der Waals surface area contributed by atoms with E-state index in [1.165, 1.54) is 24.4 Å². The molecule has 0 aliphatic rings. The third-order valence-electron chi connectivity index (χ3n) is 1.99. The summed E-state index contributed by atoms with van der Waals surface area (Å²) < 4.78 is 0. The highest BCUT2D eigenvalue weighted by Gasteiger charge is 2.09. The van der Waals surface area contributed by atoms with Crippen molar-refractivity contribution in [3.05, 3.63) is 40.2 Å². The van der Waals surface area contributed by atoms with Crippen LogP contribution in [0.5, 0.6) is 0 Å². The van der Waals surface area contributed by atoms with Gasteiger partial charge in [-0.2, -0.15) is 0 Å². The molecule has 80 valence electrons. The van der Waals surface area contributed by atoms with Crippen LogP contribution in [0.2, 0.25) is 0 Å². The number of nitrogens with two attached hydrogens (primary N) is 1. The number of amides is 1. The Labute approximate surface area is 89.1 Å². The summed E-state index contributed by atoms with van der Waals surface area (Å²) in [5, 5.41) is 10.5. The van der Waals surface area contributed by atoms with E-state index in [4.69, 9.17) is 5.73 Å². The number of carbonyl (C=O) groups is 1. The summed E-state index contributed by atoms with van der Waals surface area (Å²) in [5.74, 6) is -0.687. The van der Waals surface area contributed by atoms with E-state index >= 15 is 0 Å². The Balaban J connectivity index is 2.61. The molecular formula is C9H6N4O3. The number of nitrogens with zero attached hydrogens (tertiary/aromatic N) is 3. The zero-order valence-electron chi connectivity index (χ0n) is 7.95. The lowest BCUT2D eigenvalue weighted by Crippen LogP contribution is -2.13. The number of hydrogen-bond acceptors (Lipinski definition) is 5. The Morgan fingerprint density at radius 3 is 2.75 bits per heavy atom. The first-order chi connectivity index (χ1) is 7.58. The van der Waals surface area contributed by atoms with Gasteiger partial charge in [-0.1, -0.05) is 0 Å². The lowest BCUT2D eigenvalue weighted by molar-refractivity contribution is -0.384. The minimum Gasteiger partial charge on any atom is -0.364 e. The van der Waals surface area contributed by atoms with Gasteiger partial charge in [0.15, 0.2) is 0 Å². The van der Waals surface area contributed by atoms with Crippen molar-refractivity contribution in [3.8, 4) is 0 Å². The van der Waals surface area contributed by atoms with Gasteiger partial charge in [-0.25, -0.2) is 4.98 Å². The smallest absolute Gasteiger partial charge is 0.271 e. The molecule has 2 N–H and O–H groups in total. The molecule has 16 heavy (non-hydrogen) atoms. The Morgan fingerprint density at radius 1 is 1.38 bits per heavy atom. The normalized spacial score (nSPS) is 10.2. The molecule has 0 fully saturated rings. The van der Waals surface area contributed by atoms with Gasteiger partial charge in [-0.15, -0.1) is 0 Å². The van der Waals surface area contributed by atoms with Crippen LogP contribution in [0.15, 0.2) is 24.4 Å². The maximum absolute atomic E-state index is 10.8. The number of hydrogen-bond donors (Lipinski definition) is 1. The predicted molar refractivity (Wildman–Crippen MR) is 54.7 cm³/mol. The third kappa shape index (κ3) is 1.65. The maximum atomic E-state index is 10.8. The highest BCUT2D eigenvalue weighted by atomic mass is 16.6. The molecule has 2 rings (SSSR count). The van der Waals surface area contributed by atoms with Crippen LogP contribution in [0.25, 0.3) is 11.0 Å². The Kier molecular flexibility index (Phi) is 2.20. The van der Waals surface area contributed by atoms with Crippen molar-refractivity contribution in [2.24, 2.45) is 5.73 Å². The molecule has 7 heteroatoms. The van der Waals surface area contributed by atoms with Crippen molar-refractivity contribution in [2.75, 3.05) is 0 Å². The van der Waals surface area contributed by atoms with Crippen molar-refractivity contribution in [3.63, 3.8) is 0 Å². The first-order valence-corrected chi connectivity index (χ1v) is 4.29. The number of carbonyl (C=O) groups excluding carboxylic acids is 1. The van der Waals surface area contributed by atoms with Gasteiger partial charge in [-0.3, -0.25) is 19.9 Å². The molecule has 0 atom stereocenters. The summed E-state index contributed by atoms with van der Waals surface area (Å²) in [4.78, 5) is 28.6. The number of benzene rings is 1. The zero-order valence-corrected chi connectivity index (χ0v) is 7.95. The summed E-state index contributed by atoms with van der Waals surface area (Å²) in [6, 6.07) is 4.00. The average Bonchev–Trinajstić information content (AvgIpc) is 2.27. The molecule has 0 saturated carbocycles. The van der Waals surface area contributed by atoms with Gasteiger partial charge in [0.25, 0.3) is 11.6 Å². The Morgan fingerprint density at radius 2 is 2.12 bits per heavy atom. The van der Waals surface area contributed by atoms with E-state index in [0.717, 1.165) is 0 Å². The summed E-state index contributed by atoms with van der Waals surface area (Å²) in [6.07, 6.45) is 1.19. The molecule has 1 aromatic carbocycles. The number of primary amides is 1. The fourth-order valence-corrected chi connectivity index (χ4v) is 1.23. The molecule has 0 radical (unpaired) electrons. The van der Waals surface area contributed by atoms with Gasteiger partial charge in [0.1, 0.15) is 5.69 Å². The molecule has 0 unspecified atom stereocenters. The molecule has 1 aromatic heterocycles. The van der Waals surface area contributed by atoms with Crippen LogP contribution in [-0.2, 0) is 0 Å². The van der Waals surface area contributed by atoms with E-state index in [9.17, 15) is 14.9 Å². The summed E-state index contributed by atoms with van der Waals surface area (Å²) >= 11 is 0. The van der Waals surface area contributed by atoms with Gasteiger partial charge in [0.2, 0.25) is 0 Å². The fraction of sp³-hybridized carbons (Fsp3) is 0. The Bertz CT molecular complexity index is 543. The van der Waals surface area contributed by atoms with E-state index in [1.54, 1.807) is 0 Å². The molecular weight excluding hydrogens is 212 g/mol.